The fourth-order valence-corrected chi connectivity index (χ4v) is 2.56. The average Bonchev–Trinajstić information content (AvgIpc) is 2.50. The van der Waals surface area contributed by atoms with E-state index in [-0.39, 0.29) is 23.4 Å². The molecule has 1 atom stereocenters. The molecule has 0 bridgehead atoms. The van der Waals surface area contributed by atoms with Crippen LogP contribution in [0.3, 0.4) is 0 Å². The van der Waals surface area contributed by atoms with Crippen LogP contribution in [0.2, 0.25) is 0 Å². The van der Waals surface area contributed by atoms with E-state index in [0.29, 0.717) is 25.9 Å². The number of nitrogens with two attached hydrogens (primary N) is 1. The lowest BCUT2D eigenvalue weighted by Crippen LogP contribution is -2.47. The molecule has 0 radical (unpaired) electrons. The number of halogens is 2. The maximum atomic E-state index is 13.1. The Hall–Kier alpha value is -2.02. The number of likely N-dealkylation sites (tertiary alicyclic amines) is 1. The van der Waals surface area contributed by atoms with Crippen molar-refractivity contribution in [2.75, 3.05) is 18.4 Å². The summed E-state index contributed by atoms with van der Waals surface area (Å²) in [4.78, 5) is 25.2. The fraction of sp³-hybridized carbons (Fsp3) is 0.467. The van der Waals surface area contributed by atoms with Crippen LogP contribution in [-0.4, -0.2) is 35.8 Å². The highest BCUT2D eigenvalue weighted by atomic mass is 19.2. The Bertz CT molecular complexity index is 572. The van der Waals surface area contributed by atoms with E-state index in [1.165, 1.54) is 6.07 Å². The van der Waals surface area contributed by atoms with Gasteiger partial charge in [0.2, 0.25) is 11.8 Å². The summed E-state index contributed by atoms with van der Waals surface area (Å²) < 4.78 is 26.0. The smallest absolute Gasteiger partial charge is 0.241 e. The first-order chi connectivity index (χ1) is 10.4. The maximum absolute atomic E-state index is 13.1. The second-order valence-corrected chi connectivity index (χ2v) is 5.51. The van der Waals surface area contributed by atoms with Crippen LogP contribution in [-0.2, 0) is 9.59 Å². The maximum Gasteiger partial charge on any atom is 0.241 e. The minimum Gasteiger partial charge on any atom is -0.369 e. The van der Waals surface area contributed by atoms with Crippen molar-refractivity contribution < 1.29 is 18.4 Å². The minimum absolute atomic E-state index is 0.141. The van der Waals surface area contributed by atoms with Gasteiger partial charge >= 0.3 is 0 Å². The van der Waals surface area contributed by atoms with Gasteiger partial charge in [-0.2, -0.15) is 0 Å². The Morgan fingerprint density at radius 3 is 2.45 bits per heavy atom. The van der Waals surface area contributed by atoms with Gasteiger partial charge in [0.25, 0.3) is 0 Å². The predicted molar refractivity (Wildman–Crippen MR) is 77.9 cm³/mol. The number of piperidine rings is 1. The molecule has 1 aromatic carbocycles. The molecule has 1 aliphatic rings. The topological polar surface area (TPSA) is 75.4 Å². The third-order valence-corrected chi connectivity index (χ3v) is 4.05. The van der Waals surface area contributed by atoms with Crippen molar-refractivity contribution in [1.29, 1.82) is 0 Å². The summed E-state index contributed by atoms with van der Waals surface area (Å²) >= 11 is 0. The van der Waals surface area contributed by atoms with Gasteiger partial charge in [0.15, 0.2) is 11.6 Å². The van der Waals surface area contributed by atoms with Gasteiger partial charge < -0.3 is 11.1 Å². The van der Waals surface area contributed by atoms with Crippen molar-refractivity contribution in [2.45, 2.75) is 25.8 Å². The molecule has 1 heterocycles. The summed E-state index contributed by atoms with van der Waals surface area (Å²) in [5, 5.41) is 2.56. The number of nitrogens with zero attached hydrogens (tertiary/aromatic N) is 1. The second-order valence-electron chi connectivity index (χ2n) is 5.51. The van der Waals surface area contributed by atoms with Crippen LogP contribution in [0.4, 0.5) is 14.5 Å². The van der Waals surface area contributed by atoms with Gasteiger partial charge in [-0.15, -0.1) is 0 Å². The van der Waals surface area contributed by atoms with Crippen LogP contribution >= 0.6 is 0 Å². The molecular formula is C15H19F2N3O2. The largest absolute Gasteiger partial charge is 0.369 e. The van der Waals surface area contributed by atoms with Gasteiger partial charge in [0.05, 0.1) is 6.04 Å². The summed E-state index contributed by atoms with van der Waals surface area (Å²) in [6.45, 7) is 2.93. The van der Waals surface area contributed by atoms with Crippen LogP contribution in [0.15, 0.2) is 18.2 Å². The zero-order chi connectivity index (χ0) is 16.3. The number of hydrogen-bond acceptors (Lipinski definition) is 3. The molecule has 0 spiro atoms. The quantitative estimate of drug-likeness (QED) is 0.884. The van der Waals surface area contributed by atoms with Crippen LogP contribution in [0, 0.1) is 17.6 Å². The number of benzene rings is 1. The Morgan fingerprint density at radius 1 is 1.27 bits per heavy atom. The molecule has 1 aliphatic heterocycles. The lowest BCUT2D eigenvalue weighted by molar-refractivity contribution is -0.124. The van der Waals surface area contributed by atoms with Crippen molar-refractivity contribution in [2.24, 2.45) is 11.7 Å². The molecule has 0 aliphatic carbocycles. The van der Waals surface area contributed by atoms with E-state index in [4.69, 9.17) is 5.73 Å². The third-order valence-electron chi connectivity index (χ3n) is 4.05. The van der Waals surface area contributed by atoms with Crippen molar-refractivity contribution in [3.05, 3.63) is 29.8 Å². The number of primary amides is 1. The number of carbonyl (C=O) groups excluding carboxylic acids is 2. The fourth-order valence-electron chi connectivity index (χ4n) is 2.56. The van der Waals surface area contributed by atoms with Crippen molar-refractivity contribution in [3.8, 4) is 0 Å². The van der Waals surface area contributed by atoms with E-state index >= 15 is 0 Å². The molecule has 3 N–H and O–H groups in total. The highest BCUT2D eigenvalue weighted by molar-refractivity contribution is 5.94. The molecular weight excluding hydrogens is 292 g/mol. The number of hydrogen-bond donors (Lipinski definition) is 2. The van der Waals surface area contributed by atoms with E-state index in [9.17, 15) is 18.4 Å². The predicted octanol–water partition coefficient (Wildman–Crippen LogP) is 1.49. The molecule has 0 saturated carbocycles. The molecule has 2 amide bonds. The molecule has 120 valence electrons. The van der Waals surface area contributed by atoms with Gasteiger partial charge in [-0.25, -0.2) is 8.78 Å². The molecule has 7 heteroatoms. The number of amides is 2. The lowest BCUT2D eigenvalue weighted by atomic mass is 9.95. The van der Waals surface area contributed by atoms with E-state index < -0.39 is 17.7 Å². The zero-order valence-corrected chi connectivity index (χ0v) is 12.3. The van der Waals surface area contributed by atoms with E-state index in [1.807, 2.05) is 4.90 Å². The van der Waals surface area contributed by atoms with Crippen molar-refractivity contribution in [1.82, 2.24) is 4.90 Å². The molecule has 1 aromatic rings. The molecule has 0 aromatic heterocycles. The van der Waals surface area contributed by atoms with Crippen molar-refractivity contribution >= 4 is 17.5 Å². The van der Waals surface area contributed by atoms with E-state index in [0.717, 1.165) is 12.1 Å². The van der Waals surface area contributed by atoms with Crippen molar-refractivity contribution in [3.63, 3.8) is 0 Å². The van der Waals surface area contributed by atoms with E-state index in [1.54, 1.807) is 6.92 Å². The third kappa shape index (κ3) is 3.79. The first kappa shape index (κ1) is 16.4. The highest BCUT2D eigenvalue weighted by Gasteiger charge is 2.28. The summed E-state index contributed by atoms with van der Waals surface area (Å²) in [5.41, 5.74) is 5.49. The van der Waals surface area contributed by atoms with Gasteiger partial charge in [0, 0.05) is 17.7 Å². The second kappa shape index (κ2) is 6.83. The molecule has 5 nitrogen and oxygen atoms in total. The first-order valence-electron chi connectivity index (χ1n) is 7.17. The van der Waals surface area contributed by atoms with Crippen LogP contribution in [0.25, 0.3) is 0 Å². The molecule has 1 fully saturated rings. The normalized spacial score (nSPS) is 18.0. The molecule has 22 heavy (non-hydrogen) atoms. The van der Waals surface area contributed by atoms with Gasteiger partial charge in [-0.1, -0.05) is 0 Å². The van der Waals surface area contributed by atoms with Crippen LogP contribution in [0.5, 0.6) is 0 Å². The molecule has 0 unspecified atom stereocenters. The summed E-state index contributed by atoms with van der Waals surface area (Å²) in [6.07, 6.45) is 1.25. The summed E-state index contributed by atoms with van der Waals surface area (Å²) in [7, 11) is 0. The Morgan fingerprint density at radius 2 is 1.91 bits per heavy atom. The number of nitrogens with one attached hydrogen (secondary N) is 1. The zero-order valence-electron chi connectivity index (χ0n) is 12.3. The van der Waals surface area contributed by atoms with Gasteiger partial charge in [-0.3, -0.25) is 14.5 Å². The highest BCUT2D eigenvalue weighted by Crippen LogP contribution is 2.20. The minimum atomic E-state index is -1.01. The van der Waals surface area contributed by atoms with Crippen LogP contribution < -0.4 is 11.1 Å². The SMILES string of the molecule is C[C@H](C(=O)Nc1ccc(F)c(F)c1)N1CCC(C(N)=O)CC1. The van der Waals surface area contributed by atoms with Gasteiger partial charge in [-0.05, 0) is 45.0 Å². The van der Waals surface area contributed by atoms with E-state index in [2.05, 4.69) is 5.32 Å². The molecule has 1 saturated heterocycles. The van der Waals surface area contributed by atoms with Crippen LogP contribution in [0.1, 0.15) is 19.8 Å². The number of anilines is 1. The Balaban J connectivity index is 1.92. The lowest BCUT2D eigenvalue weighted by Gasteiger charge is -2.34. The molecule has 2 rings (SSSR count). The Labute approximate surface area is 127 Å². The monoisotopic (exact) mass is 311 g/mol. The average molecular weight is 311 g/mol. The number of rotatable bonds is 4. The summed E-state index contributed by atoms with van der Waals surface area (Å²) in [5.74, 6) is -2.72. The van der Waals surface area contributed by atoms with Gasteiger partial charge in [0.1, 0.15) is 0 Å². The number of carbonyl (C=O) groups is 2. The first-order valence-corrected chi connectivity index (χ1v) is 7.17. The summed E-state index contributed by atoms with van der Waals surface area (Å²) in [6, 6.07) is 2.79. The standard InChI is InChI=1S/C15H19F2N3O2/c1-9(20-6-4-10(5-7-20)14(18)21)15(22)19-11-2-3-12(16)13(17)8-11/h2-3,8-10H,4-7H2,1H3,(H2,18,21)(H,19,22)/t9-/m1/s1. The Kier molecular flexibility index (Phi) is 5.07.